The van der Waals surface area contributed by atoms with E-state index in [0.717, 1.165) is 6.42 Å². The molecule has 6 heteroatoms. The molecule has 0 spiro atoms. The summed E-state index contributed by atoms with van der Waals surface area (Å²) in [5.41, 5.74) is 1.17. The van der Waals surface area contributed by atoms with Gasteiger partial charge in [0.1, 0.15) is 0 Å². The molecular formula is C12H21N3O2S. The summed E-state index contributed by atoms with van der Waals surface area (Å²) in [6.45, 7) is 7.81. The molecule has 1 saturated heterocycles. The fourth-order valence-electron chi connectivity index (χ4n) is 2.06. The van der Waals surface area contributed by atoms with E-state index in [1.54, 1.807) is 20.8 Å². The zero-order chi connectivity index (χ0) is 13.6. The Morgan fingerprint density at radius 1 is 1.44 bits per heavy atom. The van der Waals surface area contributed by atoms with Crippen LogP contribution in [0.2, 0.25) is 0 Å². The van der Waals surface area contributed by atoms with E-state index in [0.29, 0.717) is 6.54 Å². The Kier molecular flexibility index (Phi) is 3.27. The molecule has 0 bridgehead atoms. The Bertz CT molecular complexity index is 488. The first kappa shape index (κ1) is 13.5. The second kappa shape index (κ2) is 4.35. The molecule has 0 aliphatic carbocycles. The molecule has 102 valence electrons. The fourth-order valence-corrected chi connectivity index (χ4v) is 3.01. The molecule has 1 fully saturated rings. The van der Waals surface area contributed by atoms with Crippen LogP contribution in [0.4, 0.5) is 0 Å². The topological polar surface area (TPSA) is 61.8 Å². The van der Waals surface area contributed by atoms with Crippen molar-refractivity contribution in [2.24, 2.45) is 4.99 Å². The summed E-state index contributed by atoms with van der Waals surface area (Å²) < 4.78 is 26.2. The van der Waals surface area contributed by atoms with Crippen LogP contribution in [0, 0.1) is 0 Å². The predicted octanol–water partition coefficient (Wildman–Crippen LogP) is 1.09. The summed E-state index contributed by atoms with van der Waals surface area (Å²) in [7, 11) is -3.29. The van der Waals surface area contributed by atoms with Crippen molar-refractivity contribution in [2.75, 3.05) is 6.54 Å². The molecule has 2 aliphatic heterocycles. The first-order chi connectivity index (χ1) is 8.19. The third-order valence-electron chi connectivity index (χ3n) is 3.24. The van der Waals surface area contributed by atoms with Gasteiger partial charge in [0.25, 0.3) is 0 Å². The Hall–Kier alpha value is -0.880. The first-order valence-electron chi connectivity index (χ1n) is 6.21. The molecule has 2 rings (SSSR count). The third kappa shape index (κ3) is 2.59. The second-order valence-corrected chi connectivity index (χ2v) is 8.42. The molecule has 2 atom stereocenters. The van der Waals surface area contributed by atoms with Crippen LogP contribution in [0.25, 0.3) is 0 Å². The van der Waals surface area contributed by atoms with Crippen molar-refractivity contribution in [3.05, 3.63) is 11.8 Å². The predicted molar refractivity (Wildman–Crippen MR) is 73.0 cm³/mol. The molecule has 0 amide bonds. The van der Waals surface area contributed by atoms with E-state index in [1.165, 1.54) is 5.70 Å². The first-order valence-corrected chi connectivity index (χ1v) is 7.70. The van der Waals surface area contributed by atoms with E-state index in [2.05, 4.69) is 15.8 Å². The lowest BCUT2D eigenvalue weighted by molar-refractivity contribution is 0.507. The van der Waals surface area contributed by atoms with Crippen molar-refractivity contribution < 1.29 is 8.42 Å². The van der Waals surface area contributed by atoms with Gasteiger partial charge in [0.15, 0.2) is 0 Å². The molecule has 2 heterocycles. The summed E-state index contributed by atoms with van der Waals surface area (Å²) in [5, 5.41) is 0. The highest BCUT2D eigenvalue weighted by molar-refractivity contribution is 7.90. The molecule has 2 aliphatic rings. The summed E-state index contributed by atoms with van der Waals surface area (Å²) in [4.78, 5) is 6.32. The maximum Gasteiger partial charge on any atom is 0.216 e. The number of sulfonamides is 1. The lowest BCUT2D eigenvalue weighted by Gasteiger charge is -2.22. The van der Waals surface area contributed by atoms with Gasteiger partial charge in [-0.3, -0.25) is 4.99 Å². The molecule has 2 unspecified atom stereocenters. The fraction of sp³-hybridized carbons (Fsp3) is 0.750. The highest BCUT2D eigenvalue weighted by Gasteiger charge is 2.35. The smallest absolute Gasteiger partial charge is 0.216 e. The molecule has 0 aromatic heterocycles. The van der Waals surface area contributed by atoms with Gasteiger partial charge in [-0.05, 0) is 33.8 Å². The van der Waals surface area contributed by atoms with Gasteiger partial charge in [0.2, 0.25) is 10.0 Å². The minimum Gasteiger partial charge on any atom is -0.335 e. The van der Waals surface area contributed by atoms with Crippen LogP contribution in [0.5, 0.6) is 0 Å². The summed E-state index contributed by atoms with van der Waals surface area (Å²) >= 11 is 0. The van der Waals surface area contributed by atoms with Gasteiger partial charge >= 0.3 is 0 Å². The number of fused-ring (bicyclic) bond motifs is 1. The van der Waals surface area contributed by atoms with Gasteiger partial charge in [-0.2, -0.15) is 0 Å². The summed E-state index contributed by atoms with van der Waals surface area (Å²) in [5.74, 6) is 0. The van der Waals surface area contributed by atoms with E-state index in [9.17, 15) is 8.42 Å². The average molecular weight is 271 g/mol. The number of nitrogens with zero attached hydrogens (tertiary/aromatic N) is 2. The molecule has 0 aromatic rings. The van der Waals surface area contributed by atoms with Crippen LogP contribution >= 0.6 is 0 Å². The van der Waals surface area contributed by atoms with Crippen LogP contribution in [0.1, 0.15) is 34.1 Å². The Labute approximate surface area is 109 Å². The van der Waals surface area contributed by atoms with Crippen LogP contribution in [-0.2, 0) is 10.0 Å². The highest BCUT2D eigenvalue weighted by Crippen LogP contribution is 2.25. The minimum atomic E-state index is -3.29. The van der Waals surface area contributed by atoms with E-state index >= 15 is 0 Å². The van der Waals surface area contributed by atoms with Crippen molar-refractivity contribution in [3.63, 3.8) is 0 Å². The summed E-state index contributed by atoms with van der Waals surface area (Å²) in [6.07, 6.45) is 4.64. The Morgan fingerprint density at radius 3 is 2.72 bits per heavy atom. The van der Waals surface area contributed by atoms with E-state index in [1.807, 2.05) is 18.2 Å². The zero-order valence-electron chi connectivity index (χ0n) is 11.3. The van der Waals surface area contributed by atoms with Crippen molar-refractivity contribution in [3.8, 4) is 0 Å². The molecule has 0 aromatic carbocycles. The molecule has 0 saturated carbocycles. The van der Waals surface area contributed by atoms with Crippen molar-refractivity contribution >= 4 is 16.4 Å². The number of rotatable bonds is 2. The second-order valence-electron chi connectivity index (χ2n) is 5.95. The van der Waals surface area contributed by atoms with Crippen LogP contribution in [0.3, 0.4) is 0 Å². The van der Waals surface area contributed by atoms with Crippen LogP contribution in [-0.4, -0.2) is 43.0 Å². The standard InChI is InChI=1S/C12H21N3O2S/c1-9-5-11-6-10(7-15(11)8-13-9)14-18(16,17)12(2,3)4/h5,8-10,14H,6-7H2,1-4H3. The number of hydrogen-bond acceptors (Lipinski definition) is 4. The molecular weight excluding hydrogens is 250 g/mol. The largest absolute Gasteiger partial charge is 0.335 e. The molecule has 0 radical (unpaired) electrons. The van der Waals surface area contributed by atoms with Crippen molar-refractivity contribution in [2.45, 2.75) is 50.9 Å². The molecule has 18 heavy (non-hydrogen) atoms. The monoisotopic (exact) mass is 271 g/mol. The number of aliphatic imine (C=N–C) groups is 1. The lowest BCUT2D eigenvalue weighted by atomic mass is 10.2. The van der Waals surface area contributed by atoms with E-state index in [4.69, 9.17) is 0 Å². The Morgan fingerprint density at radius 2 is 2.11 bits per heavy atom. The van der Waals surface area contributed by atoms with E-state index in [-0.39, 0.29) is 12.1 Å². The lowest BCUT2D eigenvalue weighted by Crippen LogP contribution is -2.45. The quantitative estimate of drug-likeness (QED) is 0.818. The van der Waals surface area contributed by atoms with Crippen molar-refractivity contribution in [1.29, 1.82) is 0 Å². The number of hydrogen-bond donors (Lipinski definition) is 1. The highest BCUT2D eigenvalue weighted by atomic mass is 32.2. The maximum atomic E-state index is 12.1. The van der Waals surface area contributed by atoms with Gasteiger partial charge in [0.05, 0.1) is 17.1 Å². The minimum absolute atomic E-state index is 0.0581. The van der Waals surface area contributed by atoms with Crippen molar-refractivity contribution in [1.82, 2.24) is 9.62 Å². The Balaban J connectivity index is 2.07. The third-order valence-corrected chi connectivity index (χ3v) is 5.50. The van der Waals surface area contributed by atoms with Gasteiger partial charge in [-0.25, -0.2) is 13.1 Å². The average Bonchev–Trinajstić information content (AvgIpc) is 2.56. The maximum absolute atomic E-state index is 12.1. The molecule has 5 nitrogen and oxygen atoms in total. The van der Waals surface area contributed by atoms with Crippen LogP contribution in [0.15, 0.2) is 16.8 Å². The van der Waals surface area contributed by atoms with E-state index < -0.39 is 14.8 Å². The van der Waals surface area contributed by atoms with Gasteiger partial charge in [-0.15, -0.1) is 0 Å². The van der Waals surface area contributed by atoms with Gasteiger partial charge in [0, 0.05) is 24.7 Å². The molecule has 1 N–H and O–H groups in total. The van der Waals surface area contributed by atoms with Gasteiger partial charge < -0.3 is 4.90 Å². The zero-order valence-corrected chi connectivity index (χ0v) is 12.2. The SMILES string of the molecule is CC1C=C2CC(NS(=O)(=O)C(C)(C)C)CN2C=N1. The normalized spacial score (nSPS) is 28.2. The van der Waals surface area contributed by atoms with Gasteiger partial charge in [-0.1, -0.05) is 0 Å². The number of nitrogens with one attached hydrogen (secondary N) is 1. The summed E-state index contributed by atoms with van der Waals surface area (Å²) in [6, 6.07) is 0.131. The van der Waals surface area contributed by atoms with Crippen LogP contribution < -0.4 is 4.72 Å².